The van der Waals surface area contributed by atoms with E-state index in [1.165, 1.54) is 12.8 Å². The molecule has 2 aliphatic rings. The van der Waals surface area contributed by atoms with Crippen molar-refractivity contribution >= 4 is 9.84 Å². The highest BCUT2D eigenvalue weighted by molar-refractivity contribution is 7.91. The molecule has 5 nitrogen and oxygen atoms in total. The van der Waals surface area contributed by atoms with Crippen LogP contribution in [0.4, 0.5) is 0 Å². The molecule has 0 spiro atoms. The van der Waals surface area contributed by atoms with Gasteiger partial charge in [-0.3, -0.25) is 4.90 Å². The standard InChI is InChI=1S/C15H30N2O3S/c1-4-16(14-10-21(19,20)11-15(14)18)9-13-5-7-17(8-6-13)12(2)3/h12-15,18H,4-11H2,1-3H3/t14-,15-/m1/s1. The molecule has 0 bridgehead atoms. The predicted molar refractivity (Wildman–Crippen MR) is 85.1 cm³/mol. The molecule has 1 N–H and O–H groups in total. The normalized spacial score (nSPS) is 31.3. The lowest BCUT2D eigenvalue weighted by molar-refractivity contribution is 0.0597. The van der Waals surface area contributed by atoms with E-state index in [0.717, 1.165) is 26.2 Å². The van der Waals surface area contributed by atoms with Crippen molar-refractivity contribution < 1.29 is 13.5 Å². The van der Waals surface area contributed by atoms with Crippen molar-refractivity contribution in [1.82, 2.24) is 9.80 Å². The number of likely N-dealkylation sites (tertiary alicyclic amines) is 1. The van der Waals surface area contributed by atoms with Gasteiger partial charge in [0.2, 0.25) is 0 Å². The molecule has 21 heavy (non-hydrogen) atoms. The summed E-state index contributed by atoms with van der Waals surface area (Å²) in [5, 5.41) is 10.0. The highest BCUT2D eigenvalue weighted by atomic mass is 32.2. The lowest BCUT2D eigenvalue weighted by Gasteiger charge is -2.38. The Balaban J connectivity index is 1.89. The molecule has 2 fully saturated rings. The first-order chi connectivity index (χ1) is 9.82. The number of rotatable bonds is 5. The van der Waals surface area contributed by atoms with Crippen molar-refractivity contribution in [2.75, 3.05) is 37.7 Å². The van der Waals surface area contributed by atoms with Gasteiger partial charge in [0.05, 0.1) is 23.7 Å². The van der Waals surface area contributed by atoms with Crippen LogP contribution in [0.25, 0.3) is 0 Å². The summed E-state index contributed by atoms with van der Waals surface area (Å²) in [6.45, 7) is 10.5. The molecule has 0 aromatic carbocycles. The molecule has 0 aliphatic carbocycles. The third kappa shape index (κ3) is 4.41. The van der Waals surface area contributed by atoms with Gasteiger partial charge in [-0.2, -0.15) is 0 Å². The Labute approximate surface area is 129 Å². The molecule has 6 heteroatoms. The van der Waals surface area contributed by atoms with Gasteiger partial charge >= 0.3 is 0 Å². The molecule has 0 unspecified atom stereocenters. The average Bonchev–Trinajstić information content (AvgIpc) is 2.69. The highest BCUT2D eigenvalue weighted by Gasteiger charge is 2.40. The topological polar surface area (TPSA) is 60.9 Å². The van der Waals surface area contributed by atoms with Crippen LogP contribution in [0.15, 0.2) is 0 Å². The smallest absolute Gasteiger partial charge is 0.154 e. The average molecular weight is 318 g/mol. The monoisotopic (exact) mass is 318 g/mol. The van der Waals surface area contributed by atoms with E-state index in [-0.39, 0.29) is 17.5 Å². The number of likely N-dealkylation sites (N-methyl/N-ethyl adjacent to an activating group) is 1. The van der Waals surface area contributed by atoms with Crippen LogP contribution >= 0.6 is 0 Å². The fraction of sp³-hybridized carbons (Fsp3) is 1.00. The molecular formula is C15H30N2O3S. The van der Waals surface area contributed by atoms with E-state index in [9.17, 15) is 13.5 Å². The second-order valence-corrected chi connectivity index (χ2v) is 9.03. The Bertz CT molecular complexity index is 430. The SMILES string of the molecule is CCN(CC1CCN(C(C)C)CC1)[C@@H]1CS(=O)(=O)C[C@H]1O. The summed E-state index contributed by atoms with van der Waals surface area (Å²) in [5.41, 5.74) is 0. The van der Waals surface area contributed by atoms with Crippen LogP contribution in [-0.4, -0.2) is 79.2 Å². The number of sulfone groups is 1. The molecule has 0 saturated carbocycles. The minimum Gasteiger partial charge on any atom is -0.390 e. The van der Waals surface area contributed by atoms with E-state index in [2.05, 4.69) is 30.6 Å². The van der Waals surface area contributed by atoms with Crippen LogP contribution in [0, 0.1) is 5.92 Å². The summed E-state index contributed by atoms with van der Waals surface area (Å²) in [7, 11) is -3.06. The zero-order valence-electron chi connectivity index (χ0n) is 13.5. The Morgan fingerprint density at radius 2 is 1.86 bits per heavy atom. The Kier molecular flexibility index (Phi) is 5.68. The molecule has 2 aliphatic heterocycles. The van der Waals surface area contributed by atoms with Crippen LogP contribution in [0.1, 0.15) is 33.6 Å². The first-order valence-corrected chi connectivity index (χ1v) is 10.0. The van der Waals surface area contributed by atoms with Crippen molar-refractivity contribution in [1.29, 1.82) is 0 Å². The van der Waals surface area contributed by atoms with Crippen LogP contribution < -0.4 is 0 Å². The molecule has 2 atom stereocenters. The second-order valence-electron chi connectivity index (χ2n) is 6.87. The van der Waals surface area contributed by atoms with Crippen LogP contribution in [0.2, 0.25) is 0 Å². The Morgan fingerprint density at radius 1 is 1.24 bits per heavy atom. The summed E-state index contributed by atoms with van der Waals surface area (Å²) < 4.78 is 23.4. The summed E-state index contributed by atoms with van der Waals surface area (Å²) in [4.78, 5) is 4.69. The number of hydrogen-bond acceptors (Lipinski definition) is 5. The van der Waals surface area contributed by atoms with Crippen molar-refractivity contribution in [3.05, 3.63) is 0 Å². The molecule has 2 saturated heterocycles. The molecule has 124 valence electrons. The number of aliphatic hydroxyl groups is 1. The van der Waals surface area contributed by atoms with Crippen LogP contribution in [0.3, 0.4) is 0 Å². The van der Waals surface area contributed by atoms with Gasteiger partial charge in [0.15, 0.2) is 9.84 Å². The van der Waals surface area contributed by atoms with Gasteiger partial charge in [-0.15, -0.1) is 0 Å². The molecule has 0 aromatic heterocycles. The number of piperidine rings is 1. The summed E-state index contributed by atoms with van der Waals surface area (Å²) in [6, 6.07) is 0.401. The third-order valence-electron chi connectivity index (χ3n) is 5.04. The lowest BCUT2D eigenvalue weighted by Crippen LogP contribution is -2.47. The Hall–Kier alpha value is -0.170. The quantitative estimate of drug-likeness (QED) is 0.804. The van der Waals surface area contributed by atoms with Gasteiger partial charge in [0.25, 0.3) is 0 Å². The van der Waals surface area contributed by atoms with E-state index < -0.39 is 15.9 Å². The fourth-order valence-corrected chi connectivity index (χ4v) is 5.47. The Morgan fingerprint density at radius 3 is 2.29 bits per heavy atom. The maximum atomic E-state index is 11.7. The highest BCUT2D eigenvalue weighted by Crippen LogP contribution is 2.24. The van der Waals surface area contributed by atoms with Crippen LogP contribution in [0.5, 0.6) is 0 Å². The van der Waals surface area contributed by atoms with Crippen LogP contribution in [-0.2, 0) is 9.84 Å². The van der Waals surface area contributed by atoms with E-state index >= 15 is 0 Å². The predicted octanol–water partition coefficient (Wildman–Crippen LogP) is 0.587. The van der Waals surface area contributed by atoms with Gasteiger partial charge in [0.1, 0.15) is 0 Å². The van der Waals surface area contributed by atoms with Crippen molar-refractivity contribution in [2.24, 2.45) is 5.92 Å². The maximum absolute atomic E-state index is 11.7. The van der Waals surface area contributed by atoms with Gasteiger partial charge in [0, 0.05) is 12.6 Å². The summed E-state index contributed by atoms with van der Waals surface area (Å²) in [6.07, 6.45) is 1.62. The van der Waals surface area contributed by atoms with Gasteiger partial charge in [-0.05, 0) is 52.2 Å². The van der Waals surface area contributed by atoms with E-state index in [1.54, 1.807) is 0 Å². The zero-order chi connectivity index (χ0) is 15.6. The summed E-state index contributed by atoms with van der Waals surface area (Å²) >= 11 is 0. The number of nitrogens with zero attached hydrogens (tertiary/aromatic N) is 2. The number of aliphatic hydroxyl groups excluding tert-OH is 1. The van der Waals surface area contributed by atoms with E-state index in [4.69, 9.17) is 0 Å². The molecule has 0 radical (unpaired) electrons. The molecule has 0 amide bonds. The fourth-order valence-electron chi connectivity index (χ4n) is 3.64. The molecule has 2 heterocycles. The maximum Gasteiger partial charge on any atom is 0.154 e. The molecular weight excluding hydrogens is 288 g/mol. The molecule has 2 rings (SSSR count). The number of hydrogen-bond donors (Lipinski definition) is 1. The van der Waals surface area contributed by atoms with Gasteiger partial charge < -0.3 is 10.0 Å². The lowest BCUT2D eigenvalue weighted by atomic mass is 9.94. The van der Waals surface area contributed by atoms with Crippen molar-refractivity contribution in [2.45, 2.75) is 51.8 Å². The summed E-state index contributed by atoms with van der Waals surface area (Å²) in [5.74, 6) is 0.669. The molecule has 0 aromatic rings. The zero-order valence-corrected chi connectivity index (χ0v) is 14.3. The first kappa shape index (κ1) is 17.2. The minimum absolute atomic E-state index is 0.0695. The van der Waals surface area contributed by atoms with E-state index in [0.29, 0.717) is 12.0 Å². The third-order valence-corrected chi connectivity index (χ3v) is 6.74. The van der Waals surface area contributed by atoms with E-state index in [1.807, 2.05) is 0 Å². The first-order valence-electron chi connectivity index (χ1n) is 8.19. The minimum atomic E-state index is -3.06. The van der Waals surface area contributed by atoms with Gasteiger partial charge in [-0.25, -0.2) is 8.42 Å². The van der Waals surface area contributed by atoms with Crippen molar-refractivity contribution in [3.63, 3.8) is 0 Å². The van der Waals surface area contributed by atoms with Gasteiger partial charge in [-0.1, -0.05) is 6.92 Å². The largest absolute Gasteiger partial charge is 0.390 e. The van der Waals surface area contributed by atoms with Crippen molar-refractivity contribution in [3.8, 4) is 0 Å². The second kappa shape index (κ2) is 6.94.